The number of anilines is 1. The minimum absolute atomic E-state index is 0.0408. The molecule has 8 nitrogen and oxygen atoms in total. The standard InChI is InChI=1S/C25H20F3N3O5S/c1-35-18-8-10-19(11-9-18)36-37(34)31(15-16-5-3-2-4-6-16)23-20-12-7-17(25(26,27)28)13-22(20)29-14-21(23)24(32)30-33/h2-14,33H,15H2,1H3,(H,30,32). The number of nitrogens with zero attached hydrogens (tertiary/aromatic N) is 2. The molecule has 192 valence electrons. The zero-order valence-electron chi connectivity index (χ0n) is 19.2. The third-order valence-electron chi connectivity index (χ3n) is 5.34. The first-order valence-electron chi connectivity index (χ1n) is 10.7. The van der Waals surface area contributed by atoms with Crippen molar-refractivity contribution in [3.63, 3.8) is 0 Å². The van der Waals surface area contributed by atoms with E-state index in [9.17, 15) is 27.4 Å². The predicted molar refractivity (Wildman–Crippen MR) is 130 cm³/mol. The Labute approximate surface area is 212 Å². The van der Waals surface area contributed by atoms with Gasteiger partial charge in [0.25, 0.3) is 5.91 Å². The van der Waals surface area contributed by atoms with E-state index < -0.39 is 28.9 Å². The van der Waals surface area contributed by atoms with Crippen molar-refractivity contribution in [2.75, 3.05) is 11.4 Å². The molecule has 2 N–H and O–H groups in total. The Kier molecular flexibility index (Phi) is 7.60. The fourth-order valence-corrected chi connectivity index (χ4v) is 4.53. The SMILES string of the molecule is COc1ccc(OS(=O)N(Cc2ccccc2)c2c(C(=O)NO)cnc3cc(C(F)(F)F)ccc23)cc1. The number of halogens is 3. The third kappa shape index (κ3) is 5.81. The van der Waals surface area contributed by atoms with Crippen molar-refractivity contribution in [1.82, 2.24) is 10.5 Å². The molecular formula is C25H20F3N3O5S. The highest BCUT2D eigenvalue weighted by Crippen LogP contribution is 2.36. The van der Waals surface area contributed by atoms with Gasteiger partial charge in [0.2, 0.25) is 0 Å². The number of carbonyl (C=O) groups is 1. The van der Waals surface area contributed by atoms with E-state index in [4.69, 9.17) is 8.92 Å². The lowest BCUT2D eigenvalue weighted by Gasteiger charge is -2.26. The van der Waals surface area contributed by atoms with Crippen LogP contribution in [0.5, 0.6) is 11.5 Å². The number of hydrogen-bond donors (Lipinski definition) is 2. The molecule has 0 bridgehead atoms. The van der Waals surface area contributed by atoms with Crippen LogP contribution >= 0.6 is 0 Å². The monoisotopic (exact) mass is 531 g/mol. The van der Waals surface area contributed by atoms with Crippen molar-refractivity contribution in [2.45, 2.75) is 12.7 Å². The molecule has 1 heterocycles. The molecule has 1 atom stereocenters. The second kappa shape index (κ2) is 10.8. The van der Waals surface area contributed by atoms with Crippen LogP contribution in [0.4, 0.5) is 18.9 Å². The molecule has 0 aliphatic heterocycles. The molecule has 0 spiro atoms. The van der Waals surface area contributed by atoms with Crippen LogP contribution in [0.3, 0.4) is 0 Å². The normalized spacial score (nSPS) is 12.1. The summed E-state index contributed by atoms with van der Waals surface area (Å²) >= 11 is -2.30. The van der Waals surface area contributed by atoms with Gasteiger partial charge in [0.15, 0.2) is 0 Å². The molecule has 12 heteroatoms. The van der Waals surface area contributed by atoms with Gasteiger partial charge in [-0.15, -0.1) is 0 Å². The maximum absolute atomic E-state index is 13.6. The van der Waals surface area contributed by atoms with Crippen LogP contribution in [0.15, 0.2) is 79.0 Å². The van der Waals surface area contributed by atoms with Crippen molar-refractivity contribution in [2.24, 2.45) is 0 Å². The van der Waals surface area contributed by atoms with Gasteiger partial charge in [-0.3, -0.25) is 19.3 Å². The fourth-order valence-electron chi connectivity index (χ4n) is 3.56. The Morgan fingerprint density at radius 2 is 1.73 bits per heavy atom. The number of amides is 1. The van der Waals surface area contributed by atoms with E-state index in [1.165, 1.54) is 29.0 Å². The molecule has 0 fully saturated rings. The van der Waals surface area contributed by atoms with Crippen molar-refractivity contribution in [3.8, 4) is 11.5 Å². The largest absolute Gasteiger partial charge is 0.497 e. The topological polar surface area (TPSA) is 101 Å². The molecule has 4 rings (SSSR count). The average molecular weight is 532 g/mol. The lowest BCUT2D eigenvalue weighted by molar-refractivity contribution is -0.137. The highest BCUT2D eigenvalue weighted by molar-refractivity contribution is 7.82. The van der Waals surface area contributed by atoms with Gasteiger partial charge in [-0.2, -0.15) is 17.4 Å². The molecule has 0 saturated heterocycles. The van der Waals surface area contributed by atoms with Crippen LogP contribution in [0, 0.1) is 0 Å². The number of fused-ring (bicyclic) bond motifs is 1. The van der Waals surface area contributed by atoms with Crippen LogP contribution in [-0.2, 0) is 24.0 Å². The zero-order valence-corrected chi connectivity index (χ0v) is 20.0. The fraction of sp³-hybridized carbons (Fsp3) is 0.120. The summed E-state index contributed by atoms with van der Waals surface area (Å²) < 4.78 is 65.6. The first kappa shape index (κ1) is 25.9. The quantitative estimate of drug-likeness (QED) is 0.244. The Morgan fingerprint density at radius 3 is 2.35 bits per heavy atom. The first-order valence-corrected chi connectivity index (χ1v) is 11.7. The van der Waals surface area contributed by atoms with Crippen molar-refractivity contribution >= 4 is 33.8 Å². The summed E-state index contributed by atoms with van der Waals surface area (Å²) in [5.41, 5.74) is 0.865. The average Bonchev–Trinajstić information content (AvgIpc) is 2.91. The highest BCUT2D eigenvalue weighted by atomic mass is 32.2. The minimum atomic E-state index is -4.62. The first-order chi connectivity index (χ1) is 17.7. The number of hydrogen-bond acceptors (Lipinski definition) is 6. The Morgan fingerprint density at radius 1 is 1.05 bits per heavy atom. The smallest absolute Gasteiger partial charge is 0.416 e. The summed E-state index contributed by atoms with van der Waals surface area (Å²) in [6.45, 7) is -0.0601. The van der Waals surface area contributed by atoms with Gasteiger partial charge in [0.1, 0.15) is 11.5 Å². The Bertz CT molecular complexity index is 1430. The number of benzene rings is 3. The zero-order chi connectivity index (χ0) is 26.6. The van der Waals surface area contributed by atoms with Crippen LogP contribution in [0.2, 0.25) is 0 Å². The maximum Gasteiger partial charge on any atom is 0.416 e. The van der Waals surface area contributed by atoms with Crippen LogP contribution in [-0.4, -0.2) is 27.4 Å². The summed E-state index contributed by atoms with van der Waals surface area (Å²) in [6, 6.07) is 17.8. The second-order valence-corrected chi connectivity index (χ2v) is 8.73. The molecule has 3 aromatic carbocycles. The number of aromatic nitrogens is 1. The molecule has 1 aromatic heterocycles. The summed E-state index contributed by atoms with van der Waals surface area (Å²) in [6.07, 6.45) is -3.62. The van der Waals surface area contributed by atoms with Gasteiger partial charge in [-0.25, -0.2) is 5.48 Å². The number of nitrogens with one attached hydrogen (secondary N) is 1. The van der Waals surface area contributed by atoms with Gasteiger partial charge in [0.05, 0.1) is 36.0 Å². The molecule has 1 unspecified atom stereocenters. The van der Waals surface area contributed by atoms with Gasteiger partial charge < -0.3 is 8.92 Å². The van der Waals surface area contributed by atoms with Gasteiger partial charge >= 0.3 is 17.4 Å². The minimum Gasteiger partial charge on any atom is -0.497 e. The lowest BCUT2D eigenvalue weighted by atomic mass is 10.1. The number of carbonyl (C=O) groups excluding carboxylic acids is 1. The molecule has 0 saturated carbocycles. The van der Waals surface area contributed by atoms with Crippen LogP contribution < -0.4 is 18.7 Å². The maximum atomic E-state index is 13.6. The third-order valence-corrected chi connectivity index (χ3v) is 6.35. The summed E-state index contributed by atoms with van der Waals surface area (Å²) in [5.74, 6) is -0.242. The molecule has 1 amide bonds. The molecule has 37 heavy (non-hydrogen) atoms. The van der Waals surface area contributed by atoms with E-state index in [0.29, 0.717) is 11.3 Å². The summed E-state index contributed by atoms with van der Waals surface area (Å²) in [4.78, 5) is 16.5. The summed E-state index contributed by atoms with van der Waals surface area (Å²) in [7, 11) is 1.49. The number of rotatable bonds is 8. The number of methoxy groups -OCH3 is 1. The van der Waals surface area contributed by atoms with E-state index in [2.05, 4.69) is 4.98 Å². The highest BCUT2D eigenvalue weighted by Gasteiger charge is 2.32. The van der Waals surface area contributed by atoms with E-state index in [0.717, 1.165) is 24.4 Å². The van der Waals surface area contributed by atoms with Gasteiger partial charge in [-0.05, 0) is 42.0 Å². The number of alkyl halides is 3. The molecule has 0 aliphatic rings. The van der Waals surface area contributed by atoms with E-state index >= 15 is 0 Å². The Hall–Kier alpha value is -4.16. The number of hydroxylamine groups is 1. The molecule has 4 aromatic rings. The van der Waals surface area contributed by atoms with Crippen molar-refractivity contribution < 1.29 is 36.3 Å². The van der Waals surface area contributed by atoms with E-state index in [1.54, 1.807) is 42.5 Å². The second-order valence-electron chi connectivity index (χ2n) is 7.69. The van der Waals surface area contributed by atoms with Crippen LogP contribution in [0.1, 0.15) is 21.5 Å². The van der Waals surface area contributed by atoms with Crippen LogP contribution in [0.25, 0.3) is 10.9 Å². The van der Waals surface area contributed by atoms with E-state index in [-0.39, 0.29) is 34.4 Å². The van der Waals surface area contributed by atoms with Crippen molar-refractivity contribution in [1.29, 1.82) is 0 Å². The number of ether oxygens (including phenoxy) is 1. The molecule has 0 radical (unpaired) electrons. The summed E-state index contributed by atoms with van der Waals surface area (Å²) in [5, 5.41) is 9.41. The van der Waals surface area contributed by atoms with Gasteiger partial charge in [0, 0.05) is 11.6 Å². The lowest BCUT2D eigenvalue weighted by Crippen LogP contribution is -2.32. The Balaban J connectivity index is 1.88. The predicted octanol–water partition coefficient (Wildman–Crippen LogP) is 5.05. The van der Waals surface area contributed by atoms with E-state index in [1.807, 2.05) is 0 Å². The van der Waals surface area contributed by atoms with Gasteiger partial charge in [-0.1, -0.05) is 36.4 Å². The number of pyridine rings is 1. The molecule has 0 aliphatic carbocycles. The molecular weight excluding hydrogens is 511 g/mol. The van der Waals surface area contributed by atoms with Crippen molar-refractivity contribution in [3.05, 3.63) is 95.7 Å².